The standard InChI is InChI=1S/C10H16N2O2/c1-4-6-12-8(3)9(7-11-12)10(13)14-5-2/h7H,4-6H2,1-3H3. The average molecular weight is 196 g/mol. The van der Waals surface area contributed by atoms with Crippen LogP contribution in [0.15, 0.2) is 6.20 Å². The van der Waals surface area contributed by atoms with Gasteiger partial charge in [0, 0.05) is 12.2 Å². The van der Waals surface area contributed by atoms with Crippen LogP contribution in [0.25, 0.3) is 0 Å². The van der Waals surface area contributed by atoms with E-state index in [2.05, 4.69) is 12.0 Å². The molecule has 0 aliphatic carbocycles. The predicted molar refractivity (Wildman–Crippen MR) is 53.2 cm³/mol. The van der Waals surface area contributed by atoms with Crippen LogP contribution in [0.4, 0.5) is 0 Å². The number of carbonyl (C=O) groups is 1. The van der Waals surface area contributed by atoms with Gasteiger partial charge >= 0.3 is 5.97 Å². The summed E-state index contributed by atoms with van der Waals surface area (Å²) >= 11 is 0. The second-order valence-electron chi connectivity index (χ2n) is 3.09. The van der Waals surface area contributed by atoms with E-state index in [0.717, 1.165) is 18.7 Å². The lowest BCUT2D eigenvalue weighted by molar-refractivity contribution is 0.0525. The first-order chi connectivity index (χ1) is 6.70. The lowest BCUT2D eigenvalue weighted by atomic mass is 10.2. The summed E-state index contributed by atoms with van der Waals surface area (Å²) in [5.41, 5.74) is 1.45. The number of ether oxygens (including phenoxy) is 1. The van der Waals surface area contributed by atoms with Crippen LogP contribution < -0.4 is 0 Å². The monoisotopic (exact) mass is 196 g/mol. The molecule has 0 aromatic carbocycles. The minimum Gasteiger partial charge on any atom is -0.462 e. The van der Waals surface area contributed by atoms with Crippen molar-refractivity contribution < 1.29 is 9.53 Å². The van der Waals surface area contributed by atoms with Crippen molar-refractivity contribution in [2.45, 2.75) is 33.7 Å². The summed E-state index contributed by atoms with van der Waals surface area (Å²) in [5, 5.41) is 4.12. The van der Waals surface area contributed by atoms with E-state index in [0.29, 0.717) is 12.2 Å². The fraction of sp³-hybridized carbons (Fsp3) is 0.600. The zero-order valence-electron chi connectivity index (χ0n) is 8.91. The molecule has 78 valence electrons. The van der Waals surface area contributed by atoms with Gasteiger partial charge in [0.15, 0.2) is 0 Å². The predicted octanol–water partition coefficient (Wildman–Crippen LogP) is 1.78. The molecule has 0 radical (unpaired) electrons. The fourth-order valence-electron chi connectivity index (χ4n) is 1.29. The summed E-state index contributed by atoms with van der Waals surface area (Å²) < 4.78 is 6.73. The molecule has 0 N–H and O–H groups in total. The molecule has 0 saturated heterocycles. The Balaban J connectivity index is 2.83. The smallest absolute Gasteiger partial charge is 0.341 e. The van der Waals surface area contributed by atoms with E-state index in [4.69, 9.17) is 4.74 Å². The normalized spacial score (nSPS) is 10.2. The first kappa shape index (κ1) is 10.8. The highest BCUT2D eigenvalue weighted by atomic mass is 16.5. The van der Waals surface area contributed by atoms with Crippen molar-refractivity contribution >= 4 is 5.97 Å². The van der Waals surface area contributed by atoms with Crippen molar-refractivity contribution in [2.75, 3.05) is 6.61 Å². The molecule has 1 aromatic heterocycles. The van der Waals surface area contributed by atoms with Crippen LogP contribution in [0, 0.1) is 6.92 Å². The van der Waals surface area contributed by atoms with Crippen molar-refractivity contribution in [2.24, 2.45) is 0 Å². The molecule has 0 fully saturated rings. The molecule has 4 nitrogen and oxygen atoms in total. The summed E-state index contributed by atoms with van der Waals surface area (Å²) in [6.45, 7) is 6.99. The Morgan fingerprint density at radius 1 is 1.57 bits per heavy atom. The molecule has 0 spiro atoms. The topological polar surface area (TPSA) is 44.1 Å². The zero-order chi connectivity index (χ0) is 10.6. The van der Waals surface area contributed by atoms with Gasteiger partial charge in [-0.2, -0.15) is 5.10 Å². The van der Waals surface area contributed by atoms with E-state index in [1.54, 1.807) is 13.1 Å². The van der Waals surface area contributed by atoms with Crippen LogP contribution >= 0.6 is 0 Å². The largest absolute Gasteiger partial charge is 0.462 e. The number of aryl methyl sites for hydroxylation is 1. The maximum atomic E-state index is 11.4. The molecule has 0 atom stereocenters. The van der Waals surface area contributed by atoms with Gasteiger partial charge in [-0.15, -0.1) is 0 Å². The van der Waals surface area contributed by atoms with E-state index >= 15 is 0 Å². The van der Waals surface area contributed by atoms with Crippen molar-refractivity contribution in [3.8, 4) is 0 Å². The first-order valence-corrected chi connectivity index (χ1v) is 4.90. The van der Waals surface area contributed by atoms with Gasteiger partial charge in [-0.1, -0.05) is 6.92 Å². The Kier molecular flexibility index (Phi) is 3.68. The van der Waals surface area contributed by atoms with Crippen molar-refractivity contribution in [1.82, 2.24) is 9.78 Å². The molecule has 0 aliphatic rings. The second kappa shape index (κ2) is 4.79. The quantitative estimate of drug-likeness (QED) is 0.689. The minimum atomic E-state index is -0.285. The molecule has 1 heterocycles. The van der Waals surface area contributed by atoms with Crippen LogP contribution in [-0.4, -0.2) is 22.4 Å². The molecule has 1 rings (SSSR count). The van der Waals surface area contributed by atoms with Crippen LogP contribution in [0.3, 0.4) is 0 Å². The van der Waals surface area contributed by atoms with Gasteiger partial charge in [-0.3, -0.25) is 4.68 Å². The highest BCUT2D eigenvalue weighted by Crippen LogP contribution is 2.09. The van der Waals surface area contributed by atoms with Crippen molar-refractivity contribution in [1.29, 1.82) is 0 Å². The van der Waals surface area contributed by atoms with Gasteiger partial charge in [0.05, 0.1) is 12.8 Å². The Bertz CT molecular complexity index is 318. The molecule has 0 amide bonds. The van der Waals surface area contributed by atoms with Gasteiger partial charge in [-0.25, -0.2) is 4.79 Å². The lowest BCUT2D eigenvalue weighted by Gasteiger charge is -2.03. The summed E-state index contributed by atoms with van der Waals surface area (Å²) in [6, 6.07) is 0. The van der Waals surface area contributed by atoms with E-state index in [1.807, 2.05) is 11.6 Å². The molecule has 14 heavy (non-hydrogen) atoms. The highest BCUT2D eigenvalue weighted by molar-refractivity contribution is 5.90. The maximum Gasteiger partial charge on any atom is 0.341 e. The van der Waals surface area contributed by atoms with Crippen molar-refractivity contribution in [3.63, 3.8) is 0 Å². The highest BCUT2D eigenvalue weighted by Gasteiger charge is 2.14. The summed E-state index contributed by atoms with van der Waals surface area (Å²) in [6.07, 6.45) is 2.58. The molecular weight excluding hydrogens is 180 g/mol. The Morgan fingerprint density at radius 2 is 2.29 bits per heavy atom. The third kappa shape index (κ3) is 2.13. The van der Waals surface area contributed by atoms with Crippen LogP contribution in [0.1, 0.15) is 36.3 Å². The summed E-state index contributed by atoms with van der Waals surface area (Å²) in [7, 11) is 0. The lowest BCUT2D eigenvalue weighted by Crippen LogP contribution is -2.07. The number of carbonyl (C=O) groups excluding carboxylic acids is 1. The molecule has 0 bridgehead atoms. The Labute approximate surface area is 83.9 Å². The van der Waals surface area contributed by atoms with E-state index in [-0.39, 0.29) is 5.97 Å². The van der Waals surface area contributed by atoms with Crippen LogP contribution in [0.5, 0.6) is 0 Å². The molecule has 1 aromatic rings. The number of hydrogen-bond acceptors (Lipinski definition) is 3. The van der Waals surface area contributed by atoms with Gasteiger partial charge < -0.3 is 4.74 Å². The molecular formula is C10H16N2O2. The number of esters is 1. The van der Waals surface area contributed by atoms with Gasteiger partial charge in [-0.05, 0) is 20.3 Å². The SMILES string of the molecule is CCCn1ncc(C(=O)OCC)c1C. The third-order valence-electron chi connectivity index (χ3n) is 2.03. The second-order valence-corrected chi connectivity index (χ2v) is 3.09. The zero-order valence-corrected chi connectivity index (χ0v) is 8.91. The minimum absolute atomic E-state index is 0.285. The average Bonchev–Trinajstić information content (AvgIpc) is 2.49. The summed E-state index contributed by atoms with van der Waals surface area (Å²) in [4.78, 5) is 11.4. The van der Waals surface area contributed by atoms with Gasteiger partial charge in [0.1, 0.15) is 5.56 Å². The van der Waals surface area contributed by atoms with Gasteiger partial charge in [0.25, 0.3) is 0 Å². The molecule has 0 aliphatic heterocycles. The van der Waals surface area contributed by atoms with Crippen LogP contribution in [0.2, 0.25) is 0 Å². The maximum absolute atomic E-state index is 11.4. The Hall–Kier alpha value is -1.32. The van der Waals surface area contributed by atoms with E-state index in [1.165, 1.54) is 0 Å². The van der Waals surface area contributed by atoms with E-state index in [9.17, 15) is 4.79 Å². The molecule has 4 heteroatoms. The number of hydrogen-bond donors (Lipinski definition) is 0. The fourth-order valence-corrected chi connectivity index (χ4v) is 1.29. The first-order valence-electron chi connectivity index (χ1n) is 4.90. The summed E-state index contributed by atoms with van der Waals surface area (Å²) in [5.74, 6) is -0.285. The Morgan fingerprint density at radius 3 is 2.86 bits per heavy atom. The van der Waals surface area contributed by atoms with Gasteiger partial charge in [0.2, 0.25) is 0 Å². The number of rotatable bonds is 4. The third-order valence-corrected chi connectivity index (χ3v) is 2.03. The van der Waals surface area contributed by atoms with Crippen LogP contribution in [-0.2, 0) is 11.3 Å². The molecule has 0 saturated carbocycles. The number of nitrogens with zero attached hydrogens (tertiary/aromatic N) is 2. The van der Waals surface area contributed by atoms with Crippen molar-refractivity contribution in [3.05, 3.63) is 17.5 Å². The van der Waals surface area contributed by atoms with E-state index < -0.39 is 0 Å². The molecule has 0 unspecified atom stereocenters. The number of aromatic nitrogens is 2.